The van der Waals surface area contributed by atoms with Crippen LogP contribution in [0, 0.1) is 47.3 Å². The number of nitrogens with two attached hydrogens (primary N) is 2. The number of piperidine rings is 1. The van der Waals surface area contributed by atoms with E-state index in [0.717, 1.165) is 6.42 Å². The number of hydrogen-bond acceptors (Lipinski definition) is 15. The number of hydrogen-bond donors (Lipinski definition) is 11. The first-order valence-electron chi connectivity index (χ1n) is 18.7. The number of carbonyl (C=O) groups excluding carboxylic acids is 2. The van der Waals surface area contributed by atoms with Gasteiger partial charge in [-0.15, -0.1) is 0 Å². The van der Waals surface area contributed by atoms with Crippen LogP contribution < -0.4 is 22.1 Å². The summed E-state index contributed by atoms with van der Waals surface area (Å²) < 4.78 is 18.0. The van der Waals surface area contributed by atoms with Gasteiger partial charge >= 0.3 is 0 Å². The molecule has 5 rings (SSSR count). The Hall–Kier alpha value is -1.87. The topological polar surface area (TPSA) is 292 Å². The summed E-state index contributed by atoms with van der Waals surface area (Å²) in [6.07, 6.45) is -7.55. The van der Waals surface area contributed by atoms with E-state index in [4.69, 9.17) is 25.7 Å². The Bertz CT molecular complexity index is 1260. The molecule has 17 heteroatoms. The van der Waals surface area contributed by atoms with E-state index in [-0.39, 0.29) is 62.0 Å². The molecule has 18 atom stereocenters. The summed E-state index contributed by atoms with van der Waals surface area (Å²) in [5.74, 6) is -6.34. The van der Waals surface area contributed by atoms with Gasteiger partial charge < -0.3 is 72.1 Å². The van der Waals surface area contributed by atoms with E-state index in [1.165, 1.54) is 14.2 Å². The third-order valence-electron chi connectivity index (χ3n) is 13.0. The van der Waals surface area contributed by atoms with Gasteiger partial charge in [0.2, 0.25) is 0 Å². The molecular formula is C35H61N5O12. The van der Waals surface area contributed by atoms with Gasteiger partial charge in [-0.3, -0.25) is 14.6 Å². The van der Waals surface area contributed by atoms with Crippen molar-refractivity contribution >= 4 is 17.5 Å². The molecule has 5 aliphatic rings. The van der Waals surface area contributed by atoms with E-state index < -0.39 is 109 Å². The third-order valence-corrected chi connectivity index (χ3v) is 13.0. The number of nitrogens with one attached hydrogen (secondary N) is 2. The maximum atomic E-state index is 14.7. The lowest BCUT2D eigenvalue weighted by molar-refractivity contribution is -0.347. The first-order valence-corrected chi connectivity index (χ1v) is 18.7. The summed E-state index contributed by atoms with van der Waals surface area (Å²) >= 11 is 0. The van der Waals surface area contributed by atoms with E-state index in [1.54, 1.807) is 0 Å². The SMILES string of the molecule is CN=C(N)NC(CCO)C1C(C)CC2C(=O)C3C(CO)C(OC)CC(O[C@H]4O[C@H](CO)[C@](O)(CCC5CCNC(N)C5)[C@H](O)[C@H]4O)C3C(=O)C2C1O. The summed E-state index contributed by atoms with van der Waals surface area (Å²) in [4.78, 5) is 33.1. The van der Waals surface area contributed by atoms with Crippen LogP contribution in [0.15, 0.2) is 4.99 Å². The van der Waals surface area contributed by atoms with Crippen molar-refractivity contribution in [1.82, 2.24) is 10.6 Å². The molecule has 17 nitrogen and oxygen atoms in total. The number of nitrogens with zero attached hydrogens (tertiary/aromatic N) is 1. The molecule has 3 saturated carbocycles. The maximum absolute atomic E-state index is 14.7. The van der Waals surface area contributed by atoms with Crippen LogP contribution in [0.1, 0.15) is 51.9 Å². The number of Topliss-reactive ketones (excluding diaryl/α,β-unsaturated/α-hetero) is 2. The number of aliphatic hydroxyl groups excluding tert-OH is 6. The van der Waals surface area contributed by atoms with Crippen molar-refractivity contribution in [1.29, 1.82) is 0 Å². The molecule has 0 bridgehead atoms. The summed E-state index contributed by atoms with van der Waals surface area (Å²) in [5.41, 5.74) is 9.97. The molecule has 13 N–H and O–H groups in total. The molecule has 0 aromatic carbocycles. The molecule has 3 aliphatic carbocycles. The number of ketones is 2. The lowest BCUT2D eigenvalue weighted by Gasteiger charge is -2.55. The summed E-state index contributed by atoms with van der Waals surface area (Å²) in [6, 6.07) is -0.560. The first kappa shape index (κ1) is 41.3. The largest absolute Gasteiger partial charge is 0.396 e. The van der Waals surface area contributed by atoms with Gasteiger partial charge in [-0.2, -0.15) is 0 Å². The zero-order valence-electron chi connectivity index (χ0n) is 30.4. The molecule has 2 saturated heterocycles. The predicted octanol–water partition coefficient (Wildman–Crippen LogP) is -3.45. The van der Waals surface area contributed by atoms with Gasteiger partial charge in [0, 0.05) is 63.5 Å². The highest BCUT2D eigenvalue weighted by molar-refractivity contribution is 6.01. The highest BCUT2D eigenvalue weighted by Crippen LogP contribution is 2.53. The van der Waals surface area contributed by atoms with Gasteiger partial charge in [-0.05, 0) is 56.9 Å². The Morgan fingerprint density at radius 2 is 1.79 bits per heavy atom. The second-order valence-electron chi connectivity index (χ2n) is 15.8. The fraction of sp³-hybridized carbons (Fsp3) is 0.914. The maximum Gasteiger partial charge on any atom is 0.188 e. The van der Waals surface area contributed by atoms with E-state index in [9.17, 15) is 45.3 Å². The van der Waals surface area contributed by atoms with Crippen molar-refractivity contribution < 1.29 is 59.5 Å². The quantitative estimate of drug-likeness (QED) is 0.0685. The van der Waals surface area contributed by atoms with Gasteiger partial charge in [-0.1, -0.05) is 6.92 Å². The summed E-state index contributed by atoms with van der Waals surface area (Å²) in [5, 5.41) is 83.2. The Morgan fingerprint density at radius 3 is 2.40 bits per heavy atom. The fourth-order valence-corrected chi connectivity index (χ4v) is 10.2. The average Bonchev–Trinajstić information content (AvgIpc) is 3.12. The number of rotatable bonds is 12. The van der Waals surface area contributed by atoms with Crippen molar-refractivity contribution in [2.45, 2.75) is 113 Å². The standard InChI is InChI=1S/C35H61N5O12/c1-15-10-17-26(29(45)24(15)19(6-9-41)40-34(37)38-2)30(46)27-21(12-20(50-3)18(13-42)25(27)28(17)44)51-33-31(47)32(48)35(49,22(14-43)52-33)7-4-16-5-8-39-23(36)11-16/h15-27,29,31-33,39,41-43,45,47-49H,4-14,36H2,1-3H3,(H3,37,38,40)/t15?,16?,17?,18?,19?,20?,21?,22-,23?,24?,25?,26?,27?,29?,31-,32-,33+,35-/m1/s1. The van der Waals surface area contributed by atoms with E-state index >= 15 is 0 Å². The lowest BCUT2D eigenvalue weighted by Crippen LogP contribution is -2.69. The molecule has 0 aromatic heterocycles. The van der Waals surface area contributed by atoms with E-state index in [1.807, 2.05) is 6.92 Å². The van der Waals surface area contributed by atoms with Crippen LogP contribution in [0.25, 0.3) is 0 Å². The van der Waals surface area contributed by atoms with Crippen molar-refractivity contribution in [2.75, 3.05) is 40.5 Å². The number of carbonyl (C=O) groups is 2. The van der Waals surface area contributed by atoms with Gasteiger partial charge in [0.25, 0.3) is 0 Å². The molecule has 2 heterocycles. The molecule has 0 spiro atoms. The Balaban J connectivity index is 1.41. The van der Waals surface area contributed by atoms with Gasteiger partial charge in [0.15, 0.2) is 12.2 Å². The van der Waals surface area contributed by atoms with Crippen LogP contribution in [0.5, 0.6) is 0 Å². The Morgan fingerprint density at radius 1 is 1.06 bits per heavy atom. The zero-order valence-corrected chi connectivity index (χ0v) is 30.4. The lowest BCUT2D eigenvalue weighted by atomic mass is 9.51. The minimum absolute atomic E-state index is 0.000122. The van der Waals surface area contributed by atoms with E-state index in [2.05, 4.69) is 15.6 Å². The van der Waals surface area contributed by atoms with Crippen LogP contribution >= 0.6 is 0 Å². The van der Waals surface area contributed by atoms with Crippen LogP contribution in [-0.4, -0.2) is 155 Å². The van der Waals surface area contributed by atoms with Gasteiger partial charge in [0.1, 0.15) is 35.5 Å². The molecule has 13 unspecified atom stereocenters. The van der Waals surface area contributed by atoms with Crippen molar-refractivity contribution in [2.24, 2.45) is 63.8 Å². The average molecular weight is 744 g/mol. The van der Waals surface area contributed by atoms with Gasteiger partial charge in [-0.25, -0.2) is 0 Å². The van der Waals surface area contributed by atoms with Crippen molar-refractivity contribution in [3.05, 3.63) is 0 Å². The molecule has 0 amide bonds. The molecule has 0 radical (unpaired) electrons. The molecule has 298 valence electrons. The van der Waals surface area contributed by atoms with Gasteiger partial charge in [0.05, 0.1) is 42.9 Å². The molecule has 2 aliphatic heterocycles. The monoisotopic (exact) mass is 743 g/mol. The van der Waals surface area contributed by atoms with Crippen LogP contribution in [0.3, 0.4) is 0 Å². The molecule has 5 fully saturated rings. The number of aliphatic imine (C=N–C) groups is 1. The Kier molecular flexibility index (Phi) is 13.7. The normalized spacial score (nSPS) is 46.3. The number of aliphatic hydroxyl groups is 7. The smallest absolute Gasteiger partial charge is 0.188 e. The third kappa shape index (κ3) is 7.79. The highest BCUT2D eigenvalue weighted by Gasteiger charge is 2.64. The fourth-order valence-electron chi connectivity index (χ4n) is 10.2. The zero-order chi connectivity index (χ0) is 38.1. The summed E-state index contributed by atoms with van der Waals surface area (Å²) in [7, 11) is 2.92. The molecule has 0 aromatic rings. The number of fused-ring (bicyclic) bond motifs is 2. The Labute approximate surface area is 304 Å². The number of ether oxygens (including phenoxy) is 3. The first-order chi connectivity index (χ1) is 24.8. The second-order valence-corrected chi connectivity index (χ2v) is 15.8. The van der Waals surface area contributed by atoms with Crippen LogP contribution in [0.4, 0.5) is 0 Å². The van der Waals surface area contributed by atoms with Crippen LogP contribution in [-0.2, 0) is 23.8 Å². The second kappa shape index (κ2) is 17.3. The molecule has 52 heavy (non-hydrogen) atoms. The van der Waals surface area contributed by atoms with Crippen molar-refractivity contribution in [3.63, 3.8) is 0 Å². The predicted molar refractivity (Wildman–Crippen MR) is 185 cm³/mol. The van der Waals surface area contributed by atoms with Crippen LogP contribution in [0.2, 0.25) is 0 Å². The molecular weight excluding hydrogens is 682 g/mol. The summed E-state index contributed by atoms with van der Waals surface area (Å²) in [6.45, 7) is 1.19. The number of guanidine groups is 1. The minimum Gasteiger partial charge on any atom is -0.396 e. The van der Waals surface area contributed by atoms with E-state index in [0.29, 0.717) is 19.4 Å². The van der Waals surface area contributed by atoms with Crippen molar-refractivity contribution in [3.8, 4) is 0 Å². The number of methoxy groups -OCH3 is 1. The highest BCUT2D eigenvalue weighted by atomic mass is 16.7. The minimum atomic E-state index is -2.03.